The van der Waals surface area contributed by atoms with Crippen LogP contribution in [0.2, 0.25) is 0 Å². The Hall–Kier alpha value is -3.13. The number of fused-ring (bicyclic) bond motifs is 1. The van der Waals surface area contributed by atoms with Gasteiger partial charge in [0.25, 0.3) is 0 Å². The Labute approximate surface area is 152 Å². The van der Waals surface area contributed by atoms with Gasteiger partial charge in [-0.3, -0.25) is 0 Å². The predicted octanol–water partition coefficient (Wildman–Crippen LogP) is 4.85. The zero-order valence-corrected chi connectivity index (χ0v) is 14.8. The molecule has 2 aromatic rings. The van der Waals surface area contributed by atoms with Crippen molar-refractivity contribution in [1.29, 1.82) is 5.26 Å². The second-order valence-corrected chi connectivity index (χ2v) is 6.70. The van der Waals surface area contributed by atoms with Gasteiger partial charge in [0.05, 0.1) is 17.3 Å². The maximum Gasteiger partial charge on any atom is 0.323 e. The summed E-state index contributed by atoms with van der Waals surface area (Å²) < 4.78 is 13.0. The molecule has 0 aromatic heterocycles. The first-order valence-corrected chi connectivity index (χ1v) is 8.53. The molecule has 2 N–H and O–H groups in total. The molecule has 2 amide bonds. The summed E-state index contributed by atoms with van der Waals surface area (Å²) in [5, 5.41) is 15.3. The highest BCUT2D eigenvalue weighted by atomic mass is 19.1. The molecule has 5 heteroatoms. The minimum Gasteiger partial charge on any atom is -0.308 e. The smallest absolute Gasteiger partial charge is 0.308 e. The lowest BCUT2D eigenvalue weighted by molar-refractivity contribution is 0.255. The number of allylic oxidation sites excluding steroid dienone is 1. The van der Waals surface area contributed by atoms with Crippen LogP contribution in [0.15, 0.2) is 54.1 Å². The van der Waals surface area contributed by atoms with E-state index in [9.17, 15) is 14.4 Å². The van der Waals surface area contributed by atoms with Gasteiger partial charge >= 0.3 is 6.03 Å². The number of benzene rings is 2. The average molecular weight is 349 g/mol. The number of hydrogen-bond donors (Lipinski definition) is 2. The van der Waals surface area contributed by atoms with Gasteiger partial charge in [-0.15, -0.1) is 0 Å². The van der Waals surface area contributed by atoms with E-state index in [0.29, 0.717) is 17.0 Å². The Bertz CT molecular complexity index is 912. The summed E-state index contributed by atoms with van der Waals surface area (Å²) in [6.07, 6.45) is 1.54. The van der Waals surface area contributed by atoms with Crippen LogP contribution in [0.25, 0.3) is 5.70 Å². The molecule has 26 heavy (non-hydrogen) atoms. The average Bonchev–Trinajstić information content (AvgIpc) is 2.63. The van der Waals surface area contributed by atoms with Crippen molar-refractivity contribution in [2.24, 2.45) is 5.41 Å². The molecule has 0 fully saturated rings. The first-order valence-electron chi connectivity index (χ1n) is 8.53. The number of carbonyl (C=O) groups is 1. The van der Waals surface area contributed by atoms with Gasteiger partial charge in [-0.2, -0.15) is 5.26 Å². The van der Waals surface area contributed by atoms with Crippen LogP contribution in [0, 0.1) is 22.6 Å². The summed E-state index contributed by atoms with van der Waals surface area (Å²) in [7, 11) is 0. The zero-order valence-electron chi connectivity index (χ0n) is 14.8. The monoisotopic (exact) mass is 349 g/mol. The zero-order chi connectivity index (χ0) is 18.7. The summed E-state index contributed by atoms with van der Waals surface area (Å²) in [5.74, 6) is -0.370. The molecule has 0 unspecified atom stereocenters. The van der Waals surface area contributed by atoms with E-state index in [0.717, 1.165) is 24.0 Å². The van der Waals surface area contributed by atoms with Crippen molar-refractivity contribution in [2.45, 2.75) is 26.7 Å². The number of hydrogen-bond acceptors (Lipinski definition) is 2. The number of rotatable bonds is 3. The van der Waals surface area contributed by atoms with Crippen LogP contribution in [0.4, 0.5) is 14.9 Å². The van der Waals surface area contributed by atoms with E-state index in [1.54, 1.807) is 0 Å². The molecule has 0 aliphatic heterocycles. The first-order chi connectivity index (χ1) is 12.5. The number of carbonyl (C=O) groups excluding carboxylic acids is 1. The minimum atomic E-state index is -0.463. The van der Waals surface area contributed by atoms with Crippen LogP contribution in [-0.4, -0.2) is 6.03 Å². The quantitative estimate of drug-likeness (QED) is 0.831. The van der Waals surface area contributed by atoms with Gasteiger partial charge in [0, 0.05) is 16.7 Å². The molecule has 0 bridgehead atoms. The largest absolute Gasteiger partial charge is 0.323 e. The molecule has 3 rings (SSSR count). The van der Waals surface area contributed by atoms with Crippen LogP contribution in [0.3, 0.4) is 0 Å². The van der Waals surface area contributed by atoms with Crippen molar-refractivity contribution in [2.75, 3.05) is 5.32 Å². The van der Waals surface area contributed by atoms with Crippen LogP contribution in [0.5, 0.6) is 0 Å². The fourth-order valence-electron chi connectivity index (χ4n) is 3.30. The summed E-state index contributed by atoms with van der Waals surface area (Å²) >= 11 is 0. The number of anilines is 1. The lowest BCUT2D eigenvalue weighted by atomic mass is 9.69. The Morgan fingerprint density at radius 2 is 1.88 bits per heavy atom. The number of nitrogens with zero attached hydrogens (tertiary/aromatic N) is 1. The van der Waals surface area contributed by atoms with E-state index in [1.807, 2.05) is 38.1 Å². The van der Waals surface area contributed by atoms with E-state index >= 15 is 0 Å². The fourth-order valence-corrected chi connectivity index (χ4v) is 3.30. The third-order valence-electron chi connectivity index (χ3n) is 4.95. The summed E-state index contributed by atoms with van der Waals surface area (Å²) in [6, 6.07) is 15.2. The van der Waals surface area contributed by atoms with E-state index in [-0.39, 0.29) is 11.2 Å². The first kappa shape index (κ1) is 17.7. The second kappa shape index (κ2) is 7.01. The number of amides is 2. The van der Waals surface area contributed by atoms with E-state index < -0.39 is 6.03 Å². The van der Waals surface area contributed by atoms with E-state index in [1.165, 1.54) is 24.3 Å². The topological polar surface area (TPSA) is 64.9 Å². The molecule has 0 saturated carbocycles. The molecule has 4 nitrogen and oxygen atoms in total. The van der Waals surface area contributed by atoms with Crippen molar-refractivity contribution in [3.63, 3.8) is 0 Å². The van der Waals surface area contributed by atoms with Crippen molar-refractivity contribution in [3.8, 4) is 6.07 Å². The Balaban J connectivity index is 1.95. The molecule has 0 saturated heterocycles. The SMILES string of the molecule is CC[C@]1(C)Cc2ccccc2C(NC(=O)Nc2ccc(F)cc2)=C1C#N. The second-order valence-electron chi connectivity index (χ2n) is 6.70. The van der Waals surface area contributed by atoms with Crippen molar-refractivity contribution < 1.29 is 9.18 Å². The Kier molecular flexibility index (Phi) is 4.77. The van der Waals surface area contributed by atoms with Gasteiger partial charge in [0.1, 0.15) is 5.82 Å². The lowest BCUT2D eigenvalue weighted by Gasteiger charge is -2.35. The molecular formula is C21H20FN3O. The molecule has 0 radical (unpaired) electrons. The third kappa shape index (κ3) is 3.31. The number of nitriles is 1. The van der Waals surface area contributed by atoms with Gasteiger partial charge in [0.2, 0.25) is 0 Å². The molecule has 1 atom stereocenters. The van der Waals surface area contributed by atoms with Crippen LogP contribution in [-0.2, 0) is 6.42 Å². The van der Waals surface area contributed by atoms with Gasteiger partial charge < -0.3 is 10.6 Å². The van der Waals surface area contributed by atoms with Crippen molar-refractivity contribution in [3.05, 3.63) is 71.0 Å². The molecular weight excluding hydrogens is 329 g/mol. The normalized spacial score (nSPS) is 18.7. The molecule has 0 heterocycles. The molecule has 2 aromatic carbocycles. The van der Waals surface area contributed by atoms with Gasteiger partial charge in [-0.25, -0.2) is 9.18 Å². The van der Waals surface area contributed by atoms with Crippen LogP contribution >= 0.6 is 0 Å². The summed E-state index contributed by atoms with van der Waals surface area (Å²) in [5.41, 5.74) is 3.23. The molecule has 132 valence electrons. The molecule has 1 aliphatic rings. The Morgan fingerprint density at radius 3 is 2.54 bits per heavy atom. The Morgan fingerprint density at radius 1 is 1.19 bits per heavy atom. The number of nitrogens with one attached hydrogen (secondary N) is 2. The minimum absolute atomic E-state index is 0.332. The fraction of sp³-hybridized carbons (Fsp3) is 0.238. The highest BCUT2D eigenvalue weighted by molar-refractivity contribution is 5.97. The maximum absolute atomic E-state index is 13.0. The highest BCUT2D eigenvalue weighted by Crippen LogP contribution is 2.43. The van der Waals surface area contributed by atoms with Crippen molar-refractivity contribution in [1.82, 2.24) is 5.32 Å². The van der Waals surface area contributed by atoms with E-state index in [2.05, 4.69) is 16.7 Å². The summed E-state index contributed by atoms with van der Waals surface area (Å²) in [6.45, 7) is 4.09. The maximum atomic E-state index is 13.0. The van der Waals surface area contributed by atoms with Gasteiger partial charge in [-0.05, 0) is 42.7 Å². The van der Waals surface area contributed by atoms with Crippen LogP contribution in [0.1, 0.15) is 31.4 Å². The van der Waals surface area contributed by atoms with Gasteiger partial charge in [-0.1, -0.05) is 38.1 Å². The van der Waals surface area contributed by atoms with Crippen LogP contribution < -0.4 is 10.6 Å². The number of halogens is 1. The summed E-state index contributed by atoms with van der Waals surface area (Å²) in [4.78, 5) is 12.5. The standard InChI is InChI=1S/C21H20FN3O/c1-3-21(2)12-14-6-4-5-7-17(14)19(18(21)13-23)25-20(26)24-16-10-8-15(22)9-11-16/h4-11H,3,12H2,1-2H3,(H2,24,25,26)/t21-/m1/s1. The van der Waals surface area contributed by atoms with Crippen molar-refractivity contribution >= 4 is 17.4 Å². The molecule has 0 spiro atoms. The molecule has 1 aliphatic carbocycles. The predicted molar refractivity (Wildman–Crippen MR) is 99.6 cm³/mol. The number of urea groups is 1. The van der Waals surface area contributed by atoms with Gasteiger partial charge in [0.15, 0.2) is 0 Å². The van der Waals surface area contributed by atoms with E-state index in [4.69, 9.17) is 0 Å². The third-order valence-corrected chi connectivity index (χ3v) is 4.95. The highest BCUT2D eigenvalue weighted by Gasteiger charge is 2.36. The lowest BCUT2D eigenvalue weighted by Crippen LogP contribution is -2.35.